The molecule has 4 rings (SSSR count). The van der Waals surface area contributed by atoms with Gasteiger partial charge in [-0.1, -0.05) is 30.3 Å². The highest BCUT2D eigenvalue weighted by molar-refractivity contribution is 5.92. The van der Waals surface area contributed by atoms with Crippen molar-refractivity contribution in [3.63, 3.8) is 0 Å². The predicted molar refractivity (Wildman–Crippen MR) is 104 cm³/mol. The molecule has 6 heteroatoms. The van der Waals surface area contributed by atoms with E-state index in [0.717, 1.165) is 44.0 Å². The summed E-state index contributed by atoms with van der Waals surface area (Å²) < 4.78 is 1.37. The van der Waals surface area contributed by atoms with Gasteiger partial charge in [0.2, 0.25) is 0 Å². The summed E-state index contributed by atoms with van der Waals surface area (Å²) in [6.45, 7) is 2.96. The summed E-state index contributed by atoms with van der Waals surface area (Å²) in [5.41, 5.74) is 1.13. The summed E-state index contributed by atoms with van der Waals surface area (Å²) >= 11 is 0. The molecule has 2 heterocycles. The van der Waals surface area contributed by atoms with Gasteiger partial charge >= 0.3 is 0 Å². The molecule has 0 atom stereocenters. The van der Waals surface area contributed by atoms with Crippen molar-refractivity contribution >= 4 is 5.91 Å². The lowest BCUT2D eigenvalue weighted by Gasteiger charge is -2.32. The van der Waals surface area contributed by atoms with Crippen molar-refractivity contribution < 1.29 is 4.79 Å². The minimum Gasteiger partial charge on any atom is -0.337 e. The van der Waals surface area contributed by atoms with E-state index in [0.29, 0.717) is 18.3 Å². The second-order valence-electron chi connectivity index (χ2n) is 7.62. The van der Waals surface area contributed by atoms with Crippen LogP contribution in [0.1, 0.15) is 41.7 Å². The Morgan fingerprint density at radius 1 is 1.04 bits per heavy atom. The Kier molecular flexibility index (Phi) is 5.34. The number of carbonyl (C=O) groups excluding carboxylic acids is 1. The van der Waals surface area contributed by atoms with Gasteiger partial charge in [-0.05, 0) is 49.8 Å². The molecular formula is C21H26N4O2. The first kappa shape index (κ1) is 17.9. The highest BCUT2D eigenvalue weighted by Gasteiger charge is 2.27. The van der Waals surface area contributed by atoms with Crippen LogP contribution in [0.4, 0.5) is 0 Å². The molecule has 1 saturated heterocycles. The smallest absolute Gasteiger partial charge is 0.274 e. The van der Waals surface area contributed by atoms with Gasteiger partial charge < -0.3 is 10.2 Å². The summed E-state index contributed by atoms with van der Waals surface area (Å²) in [5.74, 6) is 0.789. The Bertz CT molecular complexity index is 837. The van der Waals surface area contributed by atoms with E-state index in [-0.39, 0.29) is 11.5 Å². The number of likely N-dealkylation sites (tertiary alicyclic amines) is 1. The standard InChI is InChI=1S/C21H26N4O2/c26-20-9-8-19(23-25(20)15-17-4-2-1-3-5-17)21(27)24-12-10-18(11-13-24)22-14-16-6-7-16/h1-5,8-9,16,18,22H,6-7,10-15H2. The number of rotatable bonds is 6. The molecule has 2 aromatic rings. The van der Waals surface area contributed by atoms with Crippen molar-refractivity contribution in [1.82, 2.24) is 20.0 Å². The zero-order valence-electron chi connectivity index (χ0n) is 15.5. The first-order valence-electron chi connectivity index (χ1n) is 9.84. The van der Waals surface area contributed by atoms with Crippen molar-refractivity contribution in [2.24, 2.45) is 5.92 Å². The van der Waals surface area contributed by atoms with E-state index in [1.54, 1.807) is 6.07 Å². The van der Waals surface area contributed by atoms with Gasteiger partial charge in [0.15, 0.2) is 0 Å². The average Bonchev–Trinajstić information content (AvgIpc) is 3.53. The molecule has 1 saturated carbocycles. The fourth-order valence-corrected chi connectivity index (χ4v) is 3.54. The van der Waals surface area contributed by atoms with Crippen LogP contribution in [0.25, 0.3) is 0 Å². The largest absolute Gasteiger partial charge is 0.337 e. The second kappa shape index (κ2) is 8.05. The van der Waals surface area contributed by atoms with Crippen molar-refractivity contribution in [1.29, 1.82) is 0 Å². The summed E-state index contributed by atoms with van der Waals surface area (Å²) in [6, 6.07) is 13.2. The van der Waals surface area contributed by atoms with Crippen LogP contribution in [0.2, 0.25) is 0 Å². The molecule has 2 fully saturated rings. The van der Waals surface area contributed by atoms with E-state index < -0.39 is 0 Å². The lowest BCUT2D eigenvalue weighted by Crippen LogP contribution is -2.45. The van der Waals surface area contributed by atoms with Gasteiger partial charge in [0, 0.05) is 25.2 Å². The third-order valence-electron chi connectivity index (χ3n) is 5.44. The predicted octanol–water partition coefficient (Wildman–Crippen LogP) is 1.90. The zero-order valence-corrected chi connectivity index (χ0v) is 15.5. The number of amides is 1. The topological polar surface area (TPSA) is 67.2 Å². The third-order valence-corrected chi connectivity index (χ3v) is 5.44. The number of piperidine rings is 1. The average molecular weight is 366 g/mol. The quantitative estimate of drug-likeness (QED) is 0.848. The third kappa shape index (κ3) is 4.63. The van der Waals surface area contributed by atoms with Gasteiger partial charge in [-0.25, -0.2) is 4.68 Å². The van der Waals surface area contributed by atoms with Crippen LogP contribution in [-0.4, -0.2) is 46.3 Å². The van der Waals surface area contributed by atoms with Gasteiger partial charge in [0.1, 0.15) is 5.69 Å². The van der Waals surface area contributed by atoms with Crippen molar-refractivity contribution in [3.8, 4) is 0 Å². The van der Waals surface area contributed by atoms with Gasteiger partial charge in [-0.3, -0.25) is 9.59 Å². The molecule has 1 aromatic heterocycles. The summed E-state index contributed by atoms with van der Waals surface area (Å²) in [4.78, 5) is 26.8. The van der Waals surface area contributed by atoms with Crippen LogP contribution in [0.15, 0.2) is 47.3 Å². The Balaban J connectivity index is 1.38. The Morgan fingerprint density at radius 2 is 1.78 bits per heavy atom. The van der Waals surface area contributed by atoms with Gasteiger partial charge in [-0.15, -0.1) is 0 Å². The Morgan fingerprint density at radius 3 is 2.48 bits per heavy atom. The lowest BCUT2D eigenvalue weighted by molar-refractivity contribution is 0.0696. The first-order chi connectivity index (χ1) is 13.2. The number of nitrogens with zero attached hydrogens (tertiary/aromatic N) is 3. The Labute approximate surface area is 159 Å². The molecule has 0 bridgehead atoms. The summed E-state index contributed by atoms with van der Waals surface area (Å²) in [5, 5.41) is 7.95. The number of nitrogens with one attached hydrogen (secondary N) is 1. The molecule has 0 spiro atoms. The molecule has 1 aliphatic heterocycles. The van der Waals surface area contributed by atoms with E-state index in [9.17, 15) is 9.59 Å². The maximum atomic E-state index is 12.8. The molecule has 1 amide bonds. The summed E-state index contributed by atoms with van der Waals surface area (Å²) in [6.07, 6.45) is 4.66. The van der Waals surface area contributed by atoms with Gasteiger partial charge in [-0.2, -0.15) is 5.10 Å². The highest BCUT2D eigenvalue weighted by atomic mass is 16.2. The summed E-state index contributed by atoms with van der Waals surface area (Å²) in [7, 11) is 0. The number of aromatic nitrogens is 2. The molecule has 6 nitrogen and oxygen atoms in total. The van der Waals surface area contributed by atoms with Crippen LogP contribution in [-0.2, 0) is 6.54 Å². The molecular weight excluding hydrogens is 340 g/mol. The molecule has 1 N–H and O–H groups in total. The Hall–Kier alpha value is -2.47. The van der Waals surface area contributed by atoms with Crippen LogP contribution in [0.3, 0.4) is 0 Å². The van der Waals surface area contributed by atoms with Crippen molar-refractivity contribution in [2.45, 2.75) is 38.3 Å². The highest BCUT2D eigenvalue weighted by Crippen LogP contribution is 2.28. The van der Waals surface area contributed by atoms with Gasteiger partial charge in [0.25, 0.3) is 11.5 Å². The SMILES string of the molecule is O=C(c1ccc(=O)n(Cc2ccccc2)n1)N1CCC(NCC2CC2)CC1. The van der Waals surface area contributed by atoms with Crippen LogP contribution >= 0.6 is 0 Å². The minimum absolute atomic E-state index is 0.0857. The van der Waals surface area contributed by atoms with E-state index >= 15 is 0 Å². The fourth-order valence-electron chi connectivity index (χ4n) is 3.54. The number of hydrogen-bond donors (Lipinski definition) is 1. The lowest BCUT2D eigenvalue weighted by atomic mass is 10.0. The molecule has 1 aliphatic carbocycles. The van der Waals surface area contributed by atoms with Crippen molar-refractivity contribution in [2.75, 3.05) is 19.6 Å². The molecule has 1 aromatic carbocycles. The monoisotopic (exact) mass is 366 g/mol. The van der Waals surface area contributed by atoms with E-state index in [2.05, 4.69) is 10.4 Å². The number of carbonyl (C=O) groups is 1. The maximum absolute atomic E-state index is 12.8. The number of benzene rings is 1. The molecule has 142 valence electrons. The van der Waals surface area contributed by atoms with E-state index in [1.807, 2.05) is 35.2 Å². The molecule has 0 radical (unpaired) electrons. The molecule has 27 heavy (non-hydrogen) atoms. The molecule has 0 unspecified atom stereocenters. The van der Waals surface area contributed by atoms with Gasteiger partial charge in [0.05, 0.1) is 6.54 Å². The zero-order chi connectivity index (χ0) is 18.6. The van der Waals surface area contributed by atoms with E-state index in [1.165, 1.54) is 23.6 Å². The second-order valence-corrected chi connectivity index (χ2v) is 7.62. The van der Waals surface area contributed by atoms with Crippen LogP contribution in [0.5, 0.6) is 0 Å². The fraction of sp³-hybridized carbons (Fsp3) is 0.476. The van der Waals surface area contributed by atoms with Crippen molar-refractivity contribution in [3.05, 3.63) is 64.1 Å². The van der Waals surface area contributed by atoms with Crippen LogP contribution < -0.4 is 10.9 Å². The maximum Gasteiger partial charge on any atom is 0.274 e. The van der Waals surface area contributed by atoms with Crippen LogP contribution in [0, 0.1) is 5.92 Å². The normalized spacial score (nSPS) is 17.9. The van der Waals surface area contributed by atoms with E-state index in [4.69, 9.17) is 0 Å². The number of hydrogen-bond acceptors (Lipinski definition) is 4. The molecule has 2 aliphatic rings. The first-order valence-corrected chi connectivity index (χ1v) is 9.84. The minimum atomic E-state index is -0.196.